The second-order valence-corrected chi connectivity index (χ2v) is 6.20. The molecule has 20 heavy (non-hydrogen) atoms. The summed E-state index contributed by atoms with van der Waals surface area (Å²) in [5.41, 5.74) is 0.625. The summed E-state index contributed by atoms with van der Waals surface area (Å²) in [4.78, 5) is 19.9. The highest BCUT2D eigenvalue weighted by Crippen LogP contribution is 2.32. The number of hydrogen-bond donors (Lipinski definition) is 0. The average molecular weight is 279 g/mol. The Morgan fingerprint density at radius 2 is 2.25 bits per heavy atom. The Hall–Kier alpha value is -1.56. The Balaban J connectivity index is 1.61. The van der Waals surface area contributed by atoms with E-state index < -0.39 is 0 Å². The predicted octanol–water partition coefficient (Wildman–Crippen LogP) is 1.82. The van der Waals surface area contributed by atoms with Crippen molar-refractivity contribution in [1.82, 2.24) is 14.8 Å². The molecule has 1 atom stereocenters. The molecule has 0 aliphatic carbocycles. The van der Waals surface area contributed by atoms with E-state index in [1.54, 1.807) is 18.2 Å². The Bertz CT molecular complexity index is 514. The molecule has 110 valence electrons. The van der Waals surface area contributed by atoms with Crippen molar-refractivity contribution in [2.45, 2.75) is 38.3 Å². The zero-order valence-corrected chi connectivity index (χ0v) is 12.3. The van der Waals surface area contributed by atoms with Gasteiger partial charge in [-0.15, -0.1) is 0 Å². The van der Waals surface area contributed by atoms with E-state index in [1.807, 2.05) is 0 Å². The van der Waals surface area contributed by atoms with Gasteiger partial charge in [-0.1, -0.05) is 13.8 Å². The number of rotatable bonds is 3. The van der Waals surface area contributed by atoms with Gasteiger partial charge in [0.2, 0.25) is 0 Å². The lowest BCUT2D eigenvalue weighted by Crippen LogP contribution is -2.37. The van der Waals surface area contributed by atoms with Crippen LogP contribution in [0.25, 0.3) is 0 Å². The monoisotopic (exact) mass is 279 g/mol. The lowest BCUT2D eigenvalue weighted by atomic mass is 10.0. The number of carbonyl (C=O) groups excluding carboxylic acids is 1. The summed E-state index contributed by atoms with van der Waals surface area (Å²) in [6.45, 7) is 7.25. The molecule has 1 spiro atoms. The molecule has 6 heteroatoms. The molecule has 2 aliphatic heterocycles. The molecule has 1 aromatic rings. The highest BCUT2D eigenvalue weighted by molar-refractivity contribution is 5.70. The molecular weight excluding hydrogens is 258 g/mol. The number of oxazole rings is 1. The predicted molar refractivity (Wildman–Crippen MR) is 72.3 cm³/mol. The van der Waals surface area contributed by atoms with Gasteiger partial charge in [0.05, 0.1) is 12.2 Å². The molecular formula is C14H21N3O3. The van der Waals surface area contributed by atoms with Crippen molar-refractivity contribution in [2.24, 2.45) is 0 Å². The molecule has 1 aromatic heterocycles. The molecule has 0 N–H and O–H groups in total. The second kappa shape index (κ2) is 4.77. The van der Waals surface area contributed by atoms with E-state index >= 15 is 0 Å². The van der Waals surface area contributed by atoms with E-state index in [2.05, 4.69) is 23.7 Å². The maximum Gasteiger partial charge on any atom is 0.410 e. The molecule has 3 rings (SSSR count). The van der Waals surface area contributed by atoms with Gasteiger partial charge in [0.1, 0.15) is 11.9 Å². The molecule has 6 nitrogen and oxygen atoms in total. The number of hydrogen-bond acceptors (Lipinski definition) is 5. The van der Waals surface area contributed by atoms with Crippen molar-refractivity contribution < 1.29 is 13.9 Å². The van der Waals surface area contributed by atoms with Crippen LogP contribution in [-0.2, 0) is 11.3 Å². The van der Waals surface area contributed by atoms with Crippen LogP contribution in [-0.4, -0.2) is 53.2 Å². The maximum absolute atomic E-state index is 11.5. The lowest BCUT2D eigenvalue weighted by molar-refractivity contribution is 0.0626. The largest absolute Gasteiger partial charge is 0.448 e. The number of nitrogens with zero attached hydrogens (tertiary/aromatic N) is 3. The second-order valence-electron chi connectivity index (χ2n) is 6.20. The van der Waals surface area contributed by atoms with Gasteiger partial charge in [-0.3, -0.25) is 4.90 Å². The molecule has 0 radical (unpaired) electrons. The third-order valence-corrected chi connectivity index (χ3v) is 3.99. The summed E-state index contributed by atoms with van der Waals surface area (Å²) in [5.74, 6) is 1.08. The maximum atomic E-state index is 11.5. The van der Waals surface area contributed by atoms with Gasteiger partial charge < -0.3 is 14.1 Å². The van der Waals surface area contributed by atoms with Crippen LogP contribution in [0.5, 0.6) is 0 Å². The van der Waals surface area contributed by atoms with Crippen molar-refractivity contribution >= 4 is 6.09 Å². The molecule has 0 bridgehead atoms. The number of aromatic nitrogens is 1. The van der Waals surface area contributed by atoms with Crippen LogP contribution in [0.1, 0.15) is 37.8 Å². The molecule has 3 heterocycles. The quantitative estimate of drug-likeness (QED) is 0.844. The van der Waals surface area contributed by atoms with Gasteiger partial charge in [0.15, 0.2) is 5.89 Å². The first-order valence-electron chi connectivity index (χ1n) is 7.08. The van der Waals surface area contributed by atoms with E-state index in [-0.39, 0.29) is 11.7 Å². The SMILES string of the molecule is CC(C)c1nc(CN2CC[C@]3(C2)CN(C)C(=O)O3)co1. The zero-order valence-electron chi connectivity index (χ0n) is 12.3. The molecule has 2 aliphatic rings. The normalized spacial score (nSPS) is 27.0. The first kappa shape index (κ1) is 13.4. The minimum atomic E-state index is -0.323. The lowest BCUT2D eigenvalue weighted by Gasteiger charge is -2.21. The number of amides is 1. The Labute approximate surface area is 118 Å². The van der Waals surface area contributed by atoms with Crippen LogP contribution < -0.4 is 0 Å². The zero-order chi connectivity index (χ0) is 14.3. The Morgan fingerprint density at radius 3 is 2.85 bits per heavy atom. The van der Waals surface area contributed by atoms with E-state index in [0.29, 0.717) is 12.5 Å². The van der Waals surface area contributed by atoms with Gasteiger partial charge in [-0.2, -0.15) is 0 Å². The highest BCUT2D eigenvalue weighted by atomic mass is 16.6. The summed E-state index contributed by atoms with van der Waals surface area (Å²) in [7, 11) is 1.78. The van der Waals surface area contributed by atoms with Crippen LogP contribution >= 0.6 is 0 Å². The Morgan fingerprint density at radius 1 is 1.45 bits per heavy atom. The minimum absolute atomic E-state index is 0.213. The van der Waals surface area contributed by atoms with Gasteiger partial charge in [-0.25, -0.2) is 9.78 Å². The van der Waals surface area contributed by atoms with E-state index in [1.165, 1.54) is 0 Å². The van der Waals surface area contributed by atoms with Crippen molar-refractivity contribution in [3.8, 4) is 0 Å². The smallest absolute Gasteiger partial charge is 0.410 e. The molecule has 0 aromatic carbocycles. The van der Waals surface area contributed by atoms with Gasteiger partial charge in [0.25, 0.3) is 0 Å². The third kappa shape index (κ3) is 2.40. The van der Waals surface area contributed by atoms with Crippen molar-refractivity contribution in [2.75, 3.05) is 26.7 Å². The molecule has 2 saturated heterocycles. The number of likely N-dealkylation sites (tertiary alicyclic amines) is 1. The molecule has 0 saturated carbocycles. The topological polar surface area (TPSA) is 58.8 Å². The van der Waals surface area contributed by atoms with Crippen LogP contribution in [0.3, 0.4) is 0 Å². The molecule has 0 unspecified atom stereocenters. The summed E-state index contributed by atoms with van der Waals surface area (Å²) >= 11 is 0. The van der Waals surface area contributed by atoms with E-state index in [4.69, 9.17) is 9.15 Å². The highest BCUT2D eigenvalue weighted by Gasteiger charge is 2.48. The average Bonchev–Trinajstić information content (AvgIpc) is 3.03. The summed E-state index contributed by atoms with van der Waals surface area (Å²) in [6.07, 6.45) is 2.40. The number of likely N-dealkylation sites (N-methyl/N-ethyl adjacent to an activating group) is 1. The van der Waals surface area contributed by atoms with Crippen LogP contribution in [0.4, 0.5) is 4.79 Å². The van der Waals surface area contributed by atoms with Crippen molar-refractivity contribution in [3.63, 3.8) is 0 Å². The van der Waals surface area contributed by atoms with Crippen LogP contribution in [0, 0.1) is 0 Å². The van der Waals surface area contributed by atoms with Crippen LogP contribution in [0.2, 0.25) is 0 Å². The number of carbonyl (C=O) groups is 1. The Kier molecular flexibility index (Phi) is 3.20. The van der Waals surface area contributed by atoms with Crippen LogP contribution in [0.15, 0.2) is 10.7 Å². The van der Waals surface area contributed by atoms with E-state index in [9.17, 15) is 4.79 Å². The van der Waals surface area contributed by atoms with E-state index in [0.717, 1.165) is 37.6 Å². The van der Waals surface area contributed by atoms with Gasteiger partial charge in [0, 0.05) is 39.0 Å². The van der Waals surface area contributed by atoms with Gasteiger partial charge >= 0.3 is 6.09 Å². The fourth-order valence-corrected chi connectivity index (χ4v) is 2.96. The molecule has 2 fully saturated rings. The fourth-order valence-electron chi connectivity index (χ4n) is 2.96. The van der Waals surface area contributed by atoms with Crippen molar-refractivity contribution in [1.29, 1.82) is 0 Å². The molecule has 1 amide bonds. The summed E-state index contributed by atoms with van der Waals surface area (Å²) in [6, 6.07) is 0. The first-order valence-corrected chi connectivity index (χ1v) is 7.08. The minimum Gasteiger partial charge on any atom is -0.448 e. The standard InChI is InChI=1S/C14H21N3O3/c1-10(2)12-15-11(7-19-12)6-17-5-4-14(9-17)8-16(3)13(18)20-14/h7,10H,4-6,8-9H2,1-3H3/t14-/m1/s1. The summed E-state index contributed by atoms with van der Waals surface area (Å²) < 4.78 is 11.0. The van der Waals surface area contributed by atoms with Gasteiger partial charge in [-0.05, 0) is 0 Å². The first-order chi connectivity index (χ1) is 9.47. The summed E-state index contributed by atoms with van der Waals surface area (Å²) in [5, 5.41) is 0. The third-order valence-electron chi connectivity index (χ3n) is 3.99. The number of ether oxygens (including phenoxy) is 1. The van der Waals surface area contributed by atoms with Crippen molar-refractivity contribution in [3.05, 3.63) is 17.8 Å². The fraction of sp³-hybridized carbons (Fsp3) is 0.714.